The quantitative estimate of drug-likeness (QED) is 0.471. The van der Waals surface area contributed by atoms with E-state index in [0.717, 1.165) is 31.2 Å². The summed E-state index contributed by atoms with van der Waals surface area (Å²) in [6.45, 7) is 0.351. The third kappa shape index (κ3) is 4.85. The molecule has 2 bridgehead atoms. The number of hydrogen-bond acceptors (Lipinski definition) is 4. The Kier molecular flexibility index (Phi) is 7.16. The van der Waals surface area contributed by atoms with Gasteiger partial charge in [0.25, 0.3) is 0 Å². The zero-order valence-corrected chi connectivity index (χ0v) is 23.0. The smallest absolute Gasteiger partial charge is 0.246 e. The normalized spacial score (nSPS) is 29.5. The van der Waals surface area contributed by atoms with Crippen LogP contribution in [0.15, 0.2) is 60.7 Å². The highest BCUT2D eigenvalue weighted by molar-refractivity contribution is 6.35. The molecular formula is C30H31Cl2N3O4. The van der Waals surface area contributed by atoms with Crippen LogP contribution >= 0.6 is 23.2 Å². The van der Waals surface area contributed by atoms with E-state index in [1.807, 2.05) is 42.5 Å². The summed E-state index contributed by atoms with van der Waals surface area (Å²) in [6, 6.07) is 13.9. The summed E-state index contributed by atoms with van der Waals surface area (Å²) < 4.78 is 6.43. The van der Waals surface area contributed by atoms with Crippen LogP contribution in [-0.2, 0) is 25.5 Å². The Hall–Kier alpha value is -2.87. The van der Waals surface area contributed by atoms with Crippen molar-refractivity contribution in [3.63, 3.8) is 0 Å². The lowest BCUT2D eigenvalue weighted by atomic mass is 9.74. The predicted octanol–water partition coefficient (Wildman–Crippen LogP) is 4.77. The van der Waals surface area contributed by atoms with E-state index in [2.05, 4.69) is 10.6 Å². The van der Waals surface area contributed by atoms with Crippen LogP contribution in [0, 0.1) is 11.8 Å². The molecule has 9 heteroatoms. The van der Waals surface area contributed by atoms with Crippen LogP contribution < -0.4 is 10.6 Å². The maximum absolute atomic E-state index is 14.1. The summed E-state index contributed by atoms with van der Waals surface area (Å²) >= 11 is 12.3. The first-order chi connectivity index (χ1) is 18.9. The van der Waals surface area contributed by atoms with Gasteiger partial charge in [-0.2, -0.15) is 0 Å². The molecule has 204 valence electrons. The third-order valence-corrected chi connectivity index (χ3v) is 8.93. The first-order valence-corrected chi connectivity index (χ1v) is 14.4. The fourth-order valence-corrected chi connectivity index (χ4v) is 7.31. The number of rotatable bonds is 7. The molecule has 7 nitrogen and oxygen atoms in total. The van der Waals surface area contributed by atoms with Crippen molar-refractivity contribution in [3.05, 3.63) is 76.3 Å². The Morgan fingerprint density at radius 3 is 2.44 bits per heavy atom. The summed E-state index contributed by atoms with van der Waals surface area (Å²) in [7, 11) is 0. The molecule has 0 radical (unpaired) electrons. The van der Waals surface area contributed by atoms with E-state index in [1.165, 1.54) is 6.42 Å². The van der Waals surface area contributed by atoms with Crippen molar-refractivity contribution in [3.8, 4) is 0 Å². The minimum atomic E-state index is -1.19. The van der Waals surface area contributed by atoms with Crippen molar-refractivity contribution in [2.75, 3.05) is 11.9 Å². The van der Waals surface area contributed by atoms with Gasteiger partial charge in [-0.25, -0.2) is 0 Å². The lowest BCUT2D eigenvalue weighted by Gasteiger charge is -2.34. The maximum Gasteiger partial charge on any atom is 0.246 e. The van der Waals surface area contributed by atoms with Crippen molar-refractivity contribution in [2.45, 2.75) is 62.3 Å². The molecule has 3 amide bonds. The van der Waals surface area contributed by atoms with Crippen LogP contribution in [0.4, 0.5) is 5.69 Å². The number of nitrogens with zero attached hydrogens (tertiary/aromatic N) is 1. The van der Waals surface area contributed by atoms with Gasteiger partial charge in [-0.15, -0.1) is 0 Å². The number of hydrogen-bond donors (Lipinski definition) is 2. The number of amides is 3. The molecule has 4 aliphatic rings. The molecule has 0 unspecified atom stereocenters. The lowest BCUT2D eigenvalue weighted by Crippen LogP contribution is -2.56. The largest absolute Gasteiger partial charge is 0.359 e. The highest BCUT2D eigenvalue weighted by atomic mass is 35.5. The molecule has 2 saturated heterocycles. The maximum atomic E-state index is 14.1. The van der Waals surface area contributed by atoms with E-state index in [-0.39, 0.29) is 23.8 Å². The number of anilines is 1. The van der Waals surface area contributed by atoms with E-state index in [0.29, 0.717) is 28.7 Å². The fourth-order valence-electron chi connectivity index (χ4n) is 6.78. The van der Waals surface area contributed by atoms with Crippen molar-refractivity contribution < 1.29 is 19.1 Å². The van der Waals surface area contributed by atoms with Gasteiger partial charge in [0, 0.05) is 28.3 Å². The Bertz CT molecular complexity index is 1290. The van der Waals surface area contributed by atoms with Gasteiger partial charge in [-0.05, 0) is 43.0 Å². The Labute approximate surface area is 237 Å². The summed E-state index contributed by atoms with van der Waals surface area (Å²) in [5.41, 5.74) is 0.320. The zero-order chi connectivity index (χ0) is 27.1. The van der Waals surface area contributed by atoms with Crippen molar-refractivity contribution in [1.29, 1.82) is 0 Å². The van der Waals surface area contributed by atoms with E-state index in [1.54, 1.807) is 23.1 Å². The van der Waals surface area contributed by atoms with E-state index in [4.69, 9.17) is 27.9 Å². The van der Waals surface area contributed by atoms with Gasteiger partial charge >= 0.3 is 0 Å². The van der Waals surface area contributed by atoms with Gasteiger partial charge in [0.15, 0.2) is 0 Å². The fraction of sp³-hybridized carbons (Fsp3) is 0.433. The van der Waals surface area contributed by atoms with Crippen LogP contribution in [0.2, 0.25) is 10.0 Å². The predicted molar refractivity (Wildman–Crippen MR) is 149 cm³/mol. The van der Waals surface area contributed by atoms with E-state index >= 15 is 0 Å². The highest BCUT2D eigenvalue weighted by Crippen LogP contribution is 2.55. The molecule has 3 fully saturated rings. The van der Waals surface area contributed by atoms with Crippen molar-refractivity contribution >= 4 is 46.6 Å². The van der Waals surface area contributed by atoms with Gasteiger partial charge in [-0.1, -0.05) is 84.9 Å². The van der Waals surface area contributed by atoms with E-state index < -0.39 is 29.6 Å². The molecule has 2 N–H and O–H groups in total. The van der Waals surface area contributed by atoms with Gasteiger partial charge in [0.1, 0.15) is 11.6 Å². The second-order valence-electron chi connectivity index (χ2n) is 11.0. The Balaban J connectivity index is 1.29. The molecule has 6 rings (SSSR count). The van der Waals surface area contributed by atoms with Gasteiger partial charge < -0.3 is 20.3 Å². The van der Waals surface area contributed by atoms with Gasteiger partial charge in [0.2, 0.25) is 17.7 Å². The van der Waals surface area contributed by atoms with Crippen LogP contribution in [0.25, 0.3) is 0 Å². The second-order valence-corrected chi connectivity index (χ2v) is 11.8. The summed E-state index contributed by atoms with van der Waals surface area (Å²) in [5, 5.41) is 6.87. The number of benzene rings is 2. The standard InChI is InChI=1S/C30H31Cl2N3O4/c31-19-15-20(32)17-22(16-19)34-27(36)24-23-11-13-30(39-23)25(24)29(38)35(14-12-18-7-3-1-4-8-18)26(30)28(37)33-21-9-5-2-6-10-21/h1,3-4,7-8,11,13,15-17,21,23-26H,2,5-6,9-10,12,14H2,(H,33,37)(H,34,36)/t23-,24+,25-,26+,30-/m0/s1. The Morgan fingerprint density at radius 2 is 1.72 bits per heavy atom. The number of carbonyl (C=O) groups excluding carboxylic acids is 3. The van der Waals surface area contributed by atoms with E-state index in [9.17, 15) is 14.4 Å². The molecular weight excluding hydrogens is 537 g/mol. The van der Waals surface area contributed by atoms with Crippen LogP contribution in [0.3, 0.4) is 0 Å². The highest BCUT2D eigenvalue weighted by Gasteiger charge is 2.72. The van der Waals surface area contributed by atoms with Crippen LogP contribution in [0.5, 0.6) is 0 Å². The molecule has 3 heterocycles. The molecule has 1 spiro atoms. The van der Waals surface area contributed by atoms with Crippen molar-refractivity contribution in [1.82, 2.24) is 10.2 Å². The van der Waals surface area contributed by atoms with Gasteiger partial charge in [-0.3, -0.25) is 14.4 Å². The molecule has 5 atom stereocenters. The van der Waals surface area contributed by atoms with Crippen LogP contribution in [0.1, 0.15) is 37.7 Å². The molecule has 2 aromatic rings. The summed E-state index contributed by atoms with van der Waals surface area (Å²) in [6.07, 6.45) is 8.84. The van der Waals surface area contributed by atoms with Crippen LogP contribution in [-0.4, -0.2) is 53.0 Å². The SMILES string of the molecule is O=C(Nc1cc(Cl)cc(Cl)c1)[C@@H]1[C@@H]2C=C[C@]3(O2)[C@@H]1C(=O)N(CCc1ccccc1)[C@@H]3C(=O)NC1CCCCC1. The number of nitrogens with one attached hydrogen (secondary N) is 2. The average molecular weight is 569 g/mol. The van der Waals surface area contributed by atoms with Crippen molar-refractivity contribution in [2.24, 2.45) is 11.8 Å². The molecule has 1 aliphatic carbocycles. The number of halogens is 2. The molecule has 1 saturated carbocycles. The average Bonchev–Trinajstić information content (AvgIpc) is 3.55. The molecule has 0 aromatic heterocycles. The lowest BCUT2D eigenvalue weighted by molar-refractivity contribution is -0.141. The minimum Gasteiger partial charge on any atom is -0.359 e. The first-order valence-electron chi connectivity index (χ1n) is 13.6. The zero-order valence-electron chi connectivity index (χ0n) is 21.4. The number of ether oxygens (including phenoxy) is 1. The minimum absolute atomic E-state index is 0.0852. The number of likely N-dealkylation sites (tertiary alicyclic amines) is 1. The first kappa shape index (κ1) is 26.4. The monoisotopic (exact) mass is 567 g/mol. The number of fused-ring (bicyclic) bond motifs is 1. The third-order valence-electron chi connectivity index (χ3n) is 8.49. The number of carbonyl (C=O) groups is 3. The molecule has 3 aliphatic heterocycles. The molecule has 2 aromatic carbocycles. The Morgan fingerprint density at radius 1 is 1.00 bits per heavy atom. The second kappa shape index (κ2) is 10.6. The molecule has 39 heavy (non-hydrogen) atoms. The van der Waals surface area contributed by atoms with Gasteiger partial charge in [0.05, 0.1) is 17.9 Å². The topological polar surface area (TPSA) is 87.7 Å². The summed E-state index contributed by atoms with van der Waals surface area (Å²) in [5.74, 6) is -2.39. The summed E-state index contributed by atoms with van der Waals surface area (Å²) in [4.78, 5) is 43.2.